The van der Waals surface area contributed by atoms with Crippen LogP contribution in [0.2, 0.25) is 0 Å². The van der Waals surface area contributed by atoms with Crippen molar-refractivity contribution in [3.63, 3.8) is 0 Å². The van der Waals surface area contributed by atoms with E-state index in [-0.39, 0.29) is 4.90 Å². The van der Waals surface area contributed by atoms with Crippen molar-refractivity contribution in [3.8, 4) is 6.07 Å². The standard InChI is InChI=1S/C19H23N3O2S/c1-19(2,3)22-25(23,24)18-10-5-4-9-17(18)14-21-13-16-8-6-7-15(11-16)12-20/h4-11,21-22H,13-14H2,1-3H3. The molecule has 132 valence electrons. The van der Waals surface area contributed by atoms with Crippen LogP contribution in [0.4, 0.5) is 0 Å². The molecule has 0 aliphatic rings. The van der Waals surface area contributed by atoms with Gasteiger partial charge in [0.2, 0.25) is 10.0 Å². The van der Waals surface area contributed by atoms with E-state index in [0.717, 1.165) is 5.56 Å². The van der Waals surface area contributed by atoms with E-state index in [1.807, 2.05) is 45.0 Å². The lowest BCUT2D eigenvalue weighted by molar-refractivity contribution is 0.490. The fraction of sp³-hybridized carbons (Fsp3) is 0.316. The van der Waals surface area contributed by atoms with Gasteiger partial charge in [-0.3, -0.25) is 0 Å². The van der Waals surface area contributed by atoms with Crippen molar-refractivity contribution >= 4 is 10.0 Å². The van der Waals surface area contributed by atoms with Crippen LogP contribution < -0.4 is 10.0 Å². The van der Waals surface area contributed by atoms with Crippen molar-refractivity contribution in [2.24, 2.45) is 0 Å². The highest BCUT2D eigenvalue weighted by atomic mass is 32.2. The molecule has 6 heteroatoms. The quantitative estimate of drug-likeness (QED) is 0.833. The molecule has 0 saturated heterocycles. The SMILES string of the molecule is CC(C)(C)NS(=O)(=O)c1ccccc1CNCc1cccc(C#N)c1. The Hall–Kier alpha value is -2.20. The van der Waals surface area contributed by atoms with Crippen LogP contribution in [0, 0.1) is 11.3 Å². The maximum Gasteiger partial charge on any atom is 0.241 e. The molecule has 0 radical (unpaired) electrons. The minimum absolute atomic E-state index is 0.281. The van der Waals surface area contributed by atoms with Gasteiger partial charge >= 0.3 is 0 Å². The number of benzene rings is 2. The summed E-state index contributed by atoms with van der Waals surface area (Å²) in [5.74, 6) is 0. The Morgan fingerprint density at radius 1 is 1.04 bits per heavy atom. The molecule has 0 unspecified atom stereocenters. The molecule has 2 aromatic carbocycles. The Kier molecular flexibility index (Phi) is 5.96. The van der Waals surface area contributed by atoms with Gasteiger partial charge in [-0.25, -0.2) is 13.1 Å². The molecule has 0 aliphatic heterocycles. The van der Waals surface area contributed by atoms with Gasteiger partial charge < -0.3 is 5.32 Å². The second-order valence-corrected chi connectivity index (χ2v) is 8.53. The summed E-state index contributed by atoms with van der Waals surface area (Å²) in [4.78, 5) is 0.281. The normalized spacial score (nSPS) is 11.9. The van der Waals surface area contributed by atoms with E-state index >= 15 is 0 Å². The molecule has 2 aromatic rings. The summed E-state index contributed by atoms with van der Waals surface area (Å²) in [6, 6.07) is 16.4. The number of nitrogens with one attached hydrogen (secondary N) is 2. The zero-order valence-electron chi connectivity index (χ0n) is 14.7. The minimum Gasteiger partial charge on any atom is -0.309 e. The van der Waals surface area contributed by atoms with Gasteiger partial charge in [-0.1, -0.05) is 30.3 Å². The number of rotatable bonds is 6. The average molecular weight is 357 g/mol. The highest BCUT2D eigenvalue weighted by Gasteiger charge is 2.23. The first-order chi connectivity index (χ1) is 11.7. The molecule has 0 heterocycles. The molecule has 25 heavy (non-hydrogen) atoms. The lowest BCUT2D eigenvalue weighted by atomic mass is 10.1. The van der Waals surface area contributed by atoms with Crippen LogP contribution in [0.15, 0.2) is 53.4 Å². The molecule has 0 aromatic heterocycles. The maximum atomic E-state index is 12.6. The first-order valence-electron chi connectivity index (χ1n) is 8.03. The van der Waals surface area contributed by atoms with E-state index in [4.69, 9.17) is 5.26 Å². The Morgan fingerprint density at radius 3 is 2.44 bits per heavy atom. The van der Waals surface area contributed by atoms with Gasteiger partial charge in [0.25, 0.3) is 0 Å². The minimum atomic E-state index is -3.59. The summed E-state index contributed by atoms with van der Waals surface area (Å²) in [5, 5.41) is 12.2. The monoisotopic (exact) mass is 357 g/mol. The predicted octanol–water partition coefficient (Wildman–Crippen LogP) is 2.92. The second-order valence-electron chi connectivity index (χ2n) is 6.88. The average Bonchev–Trinajstić information content (AvgIpc) is 2.53. The molecule has 0 amide bonds. The van der Waals surface area contributed by atoms with Crippen LogP contribution in [0.3, 0.4) is 0 Å². The molecule has 2 N–H and O–H groups in total. The molecule has 0 atom stereocenters. The molecule has 0 bridgehead atoms. The van der Waals surface area contributed by atoms with Gasteiger partial charge in [-0.2, -0.15) is 5.26 Å². The van der Waals surface area contributed by atoms with Crippen molar-refractivity contribution in [1.29, 1.82) is 5.26 Å². The van der Waals surface area contributed by atoms with E-state index in [1.54, 1.807) is 24.3 Å². The smallest absolute Gasteiger partial charge is 0.241 e. The van der Waals surface area contributed by atoms with Gasteiger partial charge in [-0.15, -0.1) is 0 Å². The predicted molar refractivity (Wildman–Crippen MR) is 98.2 cm³/mol. The molecular weight excluding hydrogens is 334 g/mol. The van der Waals surface area contributed by atoms with Crippen LogP contribution in [-0.2, 0) is 23.1 Å². The van der Waals surface area contributed by atoms with Gasteiger partial charge in [0.15, 0.2) is 0 Å². The van der Waals surface area contributed by atoms with Crippen molar-refractivity contribution in [1.82, 2.24) is 10.0 Å². The van der Waals surface area contributed by atoms with Crippen LogP contribution in [0.1, 0.15) is 37.5 Å². The molecule has 5 nitrogen and oxygen atoms in total. The van der Waals surface area contributed by atoms with Crippen LogP contribution in [0.5, 0.6) is 0 Å². The lowest BCUT2D eigenvalue weighted by Crippen LogP contribution is -2.40. The Morgan fingerprint density at radius 2 is 1.76 bits per heavy atom. The van der Waals surface area contributed by atoms with Crippen LogP contribution >= 0.6 is 0 Å². The fourth-order valence-corrected chi connectivity index (χ4v) is 4.12. The summed E-state index contributed by atoms with van der Waals surface area (Å²) in [6.45, 7) is 6.41. The van der Waals surface area contributed by atoms with Crippen molar-refractivity contribution in [2.45, 2.75) is 44.3 Å². The highest BCUT2D eigenvalue weighted by Crippen LogP contribution is 2.18. The summed E-state index contributed by atoms with van der Waals surface area (Å²) in [5.41, 5.74) is 1.75. The third kappa shape index (κ3) is 5.68. The molecule has 0 saturated carbocycles. The molecule has 0 spiro atoms. The number of sulfonamides is 1. The number of nitriles is 1. The fourth-order valence-electron chi connectivity index (χ4n) is 2.46. The summed E-state index contributed by atoms with van der Waals surface area (Å²) >= 11 is 0. The van der Waals surface area contributed by atoms with Gasteiger partial charge in [0.1, 0.15) is 0 Å². The van der Waals surface area contributed by atoms with Crippen LogP contribution in [0.25, 0.3) is 0 Å². The van der Waals surface area contributed by atoms with Gasteiger partial charge in [0.05, 0.1) is 16.5 Å². The molecule has 0 fully saturated rings. The topological polar surface area (TPSA) is 82.0 Å². The van der Waals surface area contributed by atoms with E-state index in [1.165, 1.54) is 0 Å². The first-order valence-corrected chi connectivity index (χ1v) is 9.51. The van der Waals surface area contributed by atoms with E-state index in [9.17, 15) is 8.42 Å². The number of hydrogen-bond donors (Lipinski definition) is 2. The Bertz CT molecular complexity index is 878. The largest absolute Gasteiger partial charge is 0.309 e. The lowest BCUT2D eigenvalue weighted by Gasteiger charge is -2.21. The number of nitrogens with zero attached hydrogens (tertiary/aromatic N) is 1. The first kappa shape index (κ1) is 19.1. The summed E-state index contributed by atoms with van der Waals surface area (Å²) in [7, 11) is -3.59. The molecule has 2 rings (SSSR count). The highest BCUT2D eigenvalue weighted by molar-refractivity contribution is 7.89. The van der Waals surface area contributed by atoms with Crippen LogP contribution in [-0.4, -0.2) is 14.0 Å². The van der Waals surface area contributed by atoms with Crippen molar-refractivity contribution in [2.75, 3.05) is 0 Å². The zero-order valence-corrected chi connectivity index (χ0v) is 15.5. The Labute approximate surface area is 149 Å². The van der Waals surface area contributed by atoms with Crippen molar-refractivity contribution < 1.29 is 8.42 Å². The van der Waals surface area contributed by atoms with E-state index in [2.05, 4.69) is 16.1 Å². The second kappa shape index (κ2) is 7.79. The van der Waals surface area contributed by atoms with E-state index in [0.29, 0.717) is 24.2 Å². The van der Waals surface area contributed by atoms with E-state index < -0.39 is 15.6 Å². The van der Waals surface area contributed by atoms with Gasteiger partial charge in [-0.05, 0) is 50.1 Å². The van der Waals surface area contributed by atoms with Gasteiger partial charge in [0, 0.05) is 18.6 Å². The third-order valence-electron chi connectivity index (χ3n) is 3.40. The maximum absolute atomic E-state index is 12.6. The summed E-state index contributed by atoms with van der Waals surface area (Å²) in [6.07, 6.45) is 0. The van der Waals surface area contributed by atoms with Crippen molar-refractivity contribution in [3.05, 3.63) is 65.2 Å². The third-order valence-corrected chi connectivity index (χ3v) is 5.26. The Balaban J connectivity index is 2.12. The number of hydrogen-bond acceptors (Lipinski definition) is 4. The zero-order chi connectivity index (χ0) is 18.5. The molecule has 0 aliphatic carbocycles. The molecular formula is C19H23N3O2S. The summed E-state index contributed by atoms with van der Waals surface area (Å²) < 4.78 is 27.9.